The zero-order chi connectivity index (χ0) is 21.3. The van der Waals surface area contributed by atoms with Crippen LogP contribution in [0.15, 0.2) is 30.5 Å². The highest BCUT2D eigenvalue weighted by atomic mass is 19.4. The first-order valence-corrected chi connectivity index (χ1v) is 9.30. The number of cyclic esters (lactones) is 1. The number of nitrogens with one attached hydrogen (secondary N) is 1. The fraction of sp³-hybridized carbons (Fsp3) is 0.450. The third kappa shape index (κ3) is 4.60. The van der Waals surface area contributed by atoms with Gasteiger partial charge in [0.25, 0.3) is 0 Å². The molecule has 0 unspecified atom stereocenters. The average molecular weight is 408 g/mol. The van der Waals surface area contributed by atoms with E-state index in [1.807, 2.05) is 13.8 Å². The van der Waals surface area contributed by atoms with Gasteiger partial charge in [0.2, 0.25) is 5.95 Å². The number of carbonyl (C=O) groups excluding carboxylic acids is 1. The second-order valence-electron chi connectivity index (χ2n) is 7.49. The second-order valence-corrected chi connectivity index (χ2v) is 7.49. The molecule has 2 heterocycles. The number of alkyl halides is 3. The van der Waals surface area contributed by atoms with E-state index in [2.05, 4.69) is 15.3 Å². The van der Waals surface area contributed by atoms with Crippen LogP contribution in [0.2, 0.25) is 0 Å². The van der Waals surface area contributed by atoms with E-state index in [1.165, 1.54) is 11.1 Å². The van der Waals surface area contributed by atoms with Crippen molar-refractivity contribution in [1.29, 1.82) is 0 Å². The number of hydrogen-bond acceptors (Lipinski definition) is 5. The standard InChI is InChI=1S/C20H23F3N4O2/c1-11(2)16-10-29-19(28)27(16)17-5-6-24-18(26-17)25-13(4)14-7-12(3)8-15(9-14)20(21,22)23/h5-9,11,13,16H,10H2,1-4H3,(H,24,25,26)/t13-,16+/m0/s1. The van der Waals surface area contributed by atoms with Gasteiger partial charge in [-0.3, -0.25) is 4.90 Å². The molecular weight excluding hydrogens is 385 g/mol. The average Bonchev–Trinajstić information content (AvgIpc) is 3.02. The molecule has 2 atom stereocenters. The topological polar surface area (TPSA) is 67.4 Å². The molecule has 1 aliphatic heterocycles. The minimum absolute atomic E-state index is 0.145. The predicted octanol–water partition coefficient (Wildman–Crippen LogP) is 4.96. The molecule has 0 bridgehead atoms. The van der Waals surface area contributed by atoms with Gasteiger partial charge < -0.3 is 10.1 Å². The van der Waals surface area contributed by atoms with Gasteiger partial charge in [-0.2, -0.15) is 18.2 Å². The van der Waals surface area contributed by atoms with E-state index in [9.17, 15) is 18.0 Å². The molecule has 2 aromatic rings. The minimum atomic E-state index is -4.42. The van der Waals surface area contributed by atoms with Crippen LogP contribution in [0.4, 0.5) is 29.7 Å². The van der Waals surface area contributed by atoms with E-state index in [0.717, 1.165) is 12.1 Å². The van der Waals surface area contributed by atoms with E-state index in [1.54, 1.807) is 26.0 Å². The van der Waals surface area contributed by atoms with Crippen molar-refractivity contribution in [2.75, 3.05) is 16.8 Å². The maximum Gasteiger partial charge on any atom is 0.416 e. The van der Waals surface area contributed by atoms with Crippen LogP contribution in [0.1, 0.15) is 43.5 Å². The van der Waals surface area contributed by atoms with Crippen LogP contribution in [0.25, 0.3) is 0 Å². The van der Waals surface area contributed by atoms with E-state index < -0.39 is 23.9 Å². The Morgan fingerprint density at radius 3 is 2.62 bits per heavy atom. The maximum atomic E-state index is 13.1. The molecule has 0 spiro atoms. The number of amides is 1. The SMILES string of the molecule is Cc1cc([C@H](C)Nc2nccc(N3C(=O)OC[C@@H]3C(C)C)n2)cc(C(F)(F)F)c1. The molecule has 1 N–H and O–H groups in total. The number of hydrogen-bond donors (Lipinski definition) is 1. The number of carbonyl (C=O) groups is 1. The molecule has 1 amide bonds. The number of aromatic nitrogens is 2. The smallest absolute Gasteiger partial charge is 0.416 e. The summed E-state index contributed by atoms with van der Waals surface area (Å²) >= 11 is 0. The molecule has 156 valence electrons. The molecule has 1 aromatic heterocycles. The van der Waals surface area contributed by atoms with Crippen molar-refractivity contribution < 1.29 is 22.7 Å². The number of benzene rings is 1. The van der Waals surface area contributed by atoms with Gasteiger partial charge in [0, 0.05) is 6.20 Å². The Kier molecular flexibility index (Phi) is 5.68. The number of rotatable bonds is 5. The van der Waals surface area contributed by atoms with Gasteiger partial charge in [-0.1, -0.05) is 25.5 Å². The normalized spacial score (nSPS) is 18.1. The number of aryl methyl sites for hydroxylation is 1. The van der Waals surface area contributed by atoms with Crippen LogP contribution in [-0.4, -0.2) is 28.7 Å². The molecule has 0 radical (unpaired) electrons. The third-order valence-corrected chi connectivity index (χ3v) is 4.84. The summed E-state index contributed by atoms with van der Waals surface area (Å²) in [7, 11) is 0. The highest BCUT2D eigenvalue weighted by molar-refractivity contribution is 5.89. The van der Waals surface area contributed by atoms with Crippen LogP contribution in [-0.2, 0) is 10.9 Å². The largest absolute Gasteiger partial charge is 0.447 e. The lowest BCUT2D eigenvalue weighted by molar-refractivity contribution is -0.137. The van der Waals surface area contributed by atoms with Crippen molar-refractivity contribution >= 4 is 17.9 Å². The molecule has 1 saturated heterocycles. The van der Waals surface area contributed by atoms with Gasteiger partial charge in [-0.05, 0) is 43.5 Å². The first-order valence-electron chi connectivity index (χ1n) is 9.30. The van der Waals surface area contributed by atoms with Crippen molar-refractivity contribution in [3.8, 4) is 0 Å². The molecule has 6 nitrogen and oxygen atoms in total. The van der Waals surface area contributed by atoms with Crippen LogP contribution in [0.3, 0.4) is 0 Å². The molecule has 1 aromatic carbocycles. The fourth-order valence-electron chi connectivity index (χ4n) is 3.25. The van der Waals surface area contributed by atoms with Crippen LogP contribution in [0, 0.1) is 12.8 Å². The molecule has 0 saturated carbocycles. The lowest BCUT2D eigenvalue weighted by atomic mass is 10.0. The van der Waals surface area contributed by atoms with Gasteiger partial charge in [0.05, 0.1) is 17.6 Å². The lowest BCUT2D eigenvalue weighted by Gasteiger charge is -2.24. The van der Waals surface area contributed by atoms with E-state index >= 15 is 0 Å². The molecule has 1 fully saturated rings. The molecule has 3 rings (SSSR count). The summed E-state index contributed by atoms with van der Waals surface area (Å²) in [6.45, 7) is 7.60. The lowest BCUT2D eigenvalue weighted by Crippen LogP contribution is -2.37. The summed E-state index contributed by atoms with van der Waals surface area (Å²) < 4.78 is 44.5. The van der Waals surface area contributed by atoms with Gasteiger partial charge in [0.1, 0.15) is 12.4 Å². The van der Waals surface area contributed by atoms with Crippen molar-refractivity contribution in [3.05, 3.63) is 47.2 Å². The molecule has 29 heavy (non-hydrogen) atoms. The Hall–Kier alpha value is -2.84. The minimum Gasteiger partial charge on any atom is -0.447 e. The van der Waals surface area contributed by atoms with Crippen LogP contribution >= 0.6 is 0 Å². The summed E-state index contributed by atoms with van der Waals surface area (Å²) in [6, 6.07) is 4.89. The molecular formula is C20H23F3N4O2. The van der Waals surface area contributed by atoms with E-state index in [4.69, 9.17) is 4.74 Å². The Morgan fingerprint density at radius 2 is 1.97 bits per heavy atom. The first-order chi connectivity index (χ1) is 13.6. The summed E-state index contributed by atoms with van der Waals surface area (Å²) in [6.07, 6.45) is -3.40. The number of ether oxygens (including phenoxy) is 1. The Morgan fingerprint density at radius 1 is 1.24 bits per heavy atom. The van der Waals surface area contributed by atoms with Crippen molar-refractivity contribution in [2.45, 2.75) is 46.0 Å². The van der Waals surface area contributed by atoms with Gasteiger partial charge >= 0.3 is 12.3 Å². The zero-order valence-corrected chi connectivity index (χ0v) is 16.6. The zero-order valence-electron chi connectivity index (χ0n) is 16.6. The molecule has 0 aliphatic carbocycles. The van der Waals surface area contributed by atoms with Crippen molar-refractivity contribution in [3.63, 3.8) is 0 Å². The first kappa shape index (κ1) is 20.9. The quantitative estimate of drug-likeness (QED) is 0.758. The Bertz CT molecular complexity index is 902. The molecule has 9 heteroatoms. The van der Waals surface area contributed by atoms with Gasteiger partial charge in [0.15, 0.2) is 0 Å². The number of halogens is 3. The monoisotopic (exact) mass is 408 g/mol. The highest BCUT2D eigenvalue weighted by Gasteiger charge is 2.37. The fourth-order valence-corrected chi connectivity index (χ4v) is 3.25. The summed E-state index contributed by atoms with van der Waals surface area (Å²) in [4.78, 5) is 22.1. The Balaban J connectivity index is 1.84. The van der Waals surface area contributed by atoms with Gasteiger partial charge in [-0.25, -0.2) is 9.78 Å². The van der Waals surface area contributed by atoms with Crippen LogP contribution < -0.4 is 10.2 Å². The van der Waals surface area contributed by atoms with E-state index in [0.29, 0.717) is 16.9 Å². The number of anilines is 2. The third-order valence-electron chi connectivity index (χ3n) is 4.84. The summed E-state index contributed by atoms with van der Waals surface area (Å²) in [5.74, 6) is 0.767. The maximum absolute atomic E-state index is 13.1. The molecule has 1 aliphatic rings. The van der Waals surface area contributed by atoms with Crippen molar-refractivity contribution in [2.24, 2.45) is 5.92 Å². The summed E-state index contributed by atoms with van der Waals surface area (Å²) in [5.41, 5.74) is 0.278. The van der Waals surface area contributed by atoms with Crippen molar-refractivity contribution in [1.82, 2.24) is 9.97 Å². The van der Waals surface area contributed by atoms with Gasteiger partial charge in [-0.15, -0.1) is 0 Å². The predicted molar refractivity (Wildman–Crippen MR) is 103 cm³/mol. The summed E-state index contributed by atoms with van der Waals surface area (Å²) in [5, 5.41) is 3.02. The Labute approximate surface area is 167 Å². The highest BCUT2D eigenvalue weighted by Crippen LogP contribution is 2.32. The number of nitrogens with zero attached hydrogens (tertiary/aromatic N) is 3. The second kappa shape index (κ2) is 7.88. The van der Waals surface area contributed by atoms with E-state index in [-0.39, 0.29) is 24.5 Å². The van der Waals surface area contributed by atoms with Crippen LogP contribution in [0.5, 0.6) is 0 Å².